The molecular weight excluding hydrogens is 253 g/mol. The van der Waals surface area contributed by atoms with Crippen molar-refractivity contribution in [2.45, 2.75) is 6.92 Å². The van der Waals surface area contributed by atoms with Crippen LogP contribution in [0, 0.1) is 12.7 Å². The summed E-state index contributed by atoms with van der Waals surface area (Å²) in [6.45, 7) is 1.91. The SMILES string of the molecule is Cc1cc2c(Nc3ccccc3F)ccc(N)c2cn1. The minimum atomic E-state index is -0.289. The molecule has 3 rings (SSSR count). The molecule has 0 saturated heterocycles. The summed E-state index contributed by atoms with van der Waals surface area (Å²) < 4.78 is 13.7. The number of anilines is 3. The summed E-state index contributed by atoms with van der Waals surface area (Å²) >= 11 is 0. The number of rotatable bonds is 2. The van der Waals surface area contributed by atoms with E-state index in [1.165, 1.54) is 6.07 Å². The quantitative estimate of drug-likeness (QED) is 0.690. The molecule has 0 unspecified atom stereocenters. The minimum absolute atomic E-state index is 0.289. The van der Waals surface area contributed by atoms with Crippen molar-refractivity contribution in [1.29, 1.82) is 0 Å². The highest BCUT2D eigenvalue weighted by atomic mass is 19.1. The molecule has 0 fully saturated rings. The van der Waals surface area contributed by atoms with E-state index in [1.807, 2.05) is 19.1 Å². The molecule has 4 heteroatoms. The topological polar surface area (TPSA) is 50.9 Å². The lowest BCUT2D eigenvalue weighted by atomic mass is 10.1. The number of benzene rings is 2. The second kappa shape index (κ2) is 4.81. The van der Waals surface area contributed by atoms with Gasteiger partial charge in [-0.25, -0.2) is 4.39 Å². The Morgan fingerprint density at radius 1 is 1.05 bits per heavy atom. The molecule has 20 heavy (non-hydrogen) atoms. The van der Waals surface area contributed by atoms with E-state index in [4.69, 9.17) is 5.73 Å². The summed E-state index contributed by atoms with van der Waals surface area (Å²) in [5.41, 5.74) is 8.75. The first-order valence-corrected chi connectivity index (χ1v) is 6.31. The third kappa shape index (κ3) is 2.16. The van der Waals surface area contributed by atoms with Gasteiger partial charge in [0, 0.05) is 34.0 Å². The molecule has 0 spiro atoms. The summed E-state index contributed by atoms with van der Waals surface area (Å²) in [4.78, 5) is 4.25. The zero-order valence-corrected chi connectivity index (χ0v) is 11.0. The molecular formula is C16H14FN3. The fourth-order valence-corrected chi connectivity index (χ4v) is 2.18. The number of nitrogen functional groups attached to an aromatic ring is 1. The number of aromatic nitrogens is 1. The maximum absolute atomic E-state index is 13.7. The number of hydrogen-bond acceptors (Lipinski definition) is 3. The summed E-state index contributed by atoms with van der Waals surface area (Å²) in [6, 6.07) is 12.2. The third-order valence-corrected chi connectivity index (χ3v) is 3.21. The van der Waals surface area contributed by atoms with Gasteiger partial charge in [-0.15, -0.1) is 0 Å². The number of aryl methyl sites for hydroxylation is 1. The van der Waals surface area contributed by atoms with Crippen molar-refractivity contribution in [1.82, 2.24) is 4.98 Å². The van der Waals surface area contributed by atoms with Gasteiger partial charge in [0.1, 0.15) is 5.82 Å². The van der Waals surface area contributed by atoms with Crippen LogP contribution in [0.3, 0.4) is 0 Å². The van der Waals surface area contributed by atoms with Crippen LogP contribution in [0.5, 0.6) is 0 Å². The molecule has 0 saturated carbocycles. The van der Waals surface area contributed by atoms with E-state index in [9.17, 15) is 4.39 Å². The highest BCUT2D eigenvalue weighted by Gasteiger charge is 2.07. The summed E-state index contributed by atoms with van der Waals surface area (Å²) in [6.07, 6.45) is 1.74. The minimum Gasteiger partial charge on any atom is -0.398 e. The number of nitrogens with two attached hydrogens (primary N) is 1. The van der Waals surface area contributed by atoms with Crippen LogP contribution in [0.25, 0.3) is 10.8 Å². The van der Waals surface area contributed by atoms with Gasteiger partial charge >= 0.3 is 0 Å². The Balaban J connectivity index is 2.15. The lowest BCUT2D eigenvalue weighted by Gasteiger charge is -2.12. The molecule has 0 atom stereocenters. The molecule has 3 N–H and O–H groups in total. The second-order valence-electron chi connectivity index (χ2n) is 4.68. The van der Waals surface area contributed by atoms with E-state index in [0.717, 1.165) is 22.2 Å². The van der Waals surface area contributed by atoms with Gasteiger partial charge in [0.05, 0.1) is 5.69 Å². The van der Waals surface area contributed by atoms with Crippen molar-refractivity contribution in [3.63, 3.8) is 0 Å². The Bertz CT molecular complexity index is 784. The zero-order valence-electron chi connectivity index (χ0n) is 11.0. The van der Waals surface area contributed by atoms with Crippen molar-refractivity contribution >= 4 is 27.8 Å². The van der Waals surface area contributed by atoms with Crippen molar-refractivity contribution in [2.24, 2.45) is 0 Å². The zero-order chi connectivity index (χ0) is 14.1. The largest absolute Gasteiger partial charge is 0.398 e. The van der Waals surface area contributed by atoms with Crippen LogP contribution in [0.2, 0.25) is 0 Å². The standard InChI is InChI=1S/C16H14FN3/c1-10-8-11-12(9-19-10)14(18)6-7-15(11)20-16-5-3-2-4-13(16)17/h2-9,20H,18H2,1H3. The smallest absolute Gasteiger partial charge is 0.146 e. The molecule has 1 heterocycles. The first-order chi connectivity index (χ1) is 9.65. The van der Waals surface area contributed by atoms with E-state index >= 15 is 0 Å². The van der Waals surface area contributed by atoms with Crippen molar-refractivity contribution in [2.75, 3.05) is 11.1 Å². The van der Waals surface area contributed by atoms with Gasteiger partial charge in [-0.2, -0.15) is 0 Å². The monoisotopic (exact) mass is 267 g/mol. The Labute approximate surface area is 116 Å². The normalized spacial score (nSPS) is 10.7. The number of para-hydroxylation sites is 1. The summed E-state index contributed by atoms with van der Waals surface area (Å²) in [7, 11) is 0. The number of nitrogens with zero attached hydrogens (tertiary/aromatic N) is 1. The number of nitrogens with one attached hydrogen (secondary N) is 1. The Morgan fingerprint density at radius 3 is 2.65 bits per heavy atom. The van der Waals surface area contributed by atoms with Crippen LogP contribution in [0.1, 0.15) is 5.69 Å². The molecule has 0 radical (unpaired) electrons. The predicted octanol–water partition coefficient (Wildman–Crippen LogP) is 4.01. The molecule has 1 aromatic heterocycles. The first-order valence-electron chi connectivity index (χ1n) is 6.31. The molecule has 0 aliphatic heterocycles. The lowest BCUT2D eigenvalue weighted by molar-refractivity contribution is 0.632. The predicted molar refractivity (Wildman–Crippen MR) is 80.6 cm³/mol. The van der Waals surface area contributed by atoms with Crippen LogP contribution < -0.4 is 11.1 Å². The Hall–Kier alpha value is -2.62. The van der Waals surface area contributed by atoms with Crippen molar-refractivity contribution < 1.29 is 4.39 Å². The highest BCUT2D eigenvalue weighted by Crippen LogP contribution is 2.31. The number of hydrogen-bond donors (Lipinski definition) is 2. The first kappa shape index (κ1) is 12.4. The maximum atomic E-state index is 13.7. The molecule has 0 bridgehead atoms. The van der Waals surface area contributed by atoms with Crippen molar-refractivity contribution in [3.8, 4) is 0 Å². The van der Waals surface area contributed by atoms with E-state index in [-0.39, 0.29) is 5.82 Å². The summed E-state index contributed by atoms with van der Waals surface area (Å²) in [5.74, 6) is -0.289. The summed E-state index contributed by atoms with van der Waals surface area (Å²) in [5, 5.41) is 4.90. The van der Waals surface area contributed by atoms with Gasteiger partial charge in [-0.3, -0.25) is 4.98 Å². The van der Waals surface area contributed by atoms with Crippen LogP contribution in [0.4, 0.5) is 21.5 Å². The van der Waals surface area contributed by atoms with Crippen LogP contribution in [0.15, 0.2) is 48.7 Å². The molecule has 3 nitrogen and oxygen atoms in total. The van der Waals surface area contributed by atoms with Crippen LogP contribution >= 0.6 is 0 Å². The van der Waals surface area contributed by atoms with Gasteiger partial charge in [-0.1, -0.05) is 12.1 Å². The third-order valence-electron chi connectivity index (χ3n) is 3.21. The van der Waals surface area contributed by atoms with Gasteiger partial charge in [0.2, 0.25) is 0 Å². The second-order valence-corrected chi connectivity index (χ2v) is 4.68. The molecule has 0 aliphatic rings. The van der Waals surface area contributed by atoms with E-state index in [1.54, 1.807) is 30.5 Å². The van der Waals surface area contributed by atoms with Gasteiger partial charge < -0.3 is 11.1 Å². The van der Waals surface area contributed by atoms with Crippen LogP contribution in [-0.2, 0) is 0 Å². The van der Waals surface area contributed by atoms with Crippen molar-refractivity contribution in [3.05, 3.63) is 60.2 Å². The Kier molecular flexibility index (Phi) is 2.99. The maximum Gasteiger partial charge on any atom is 0.146 e. The highest BCUT2D eigenvalue weighted by molar-refractivity contribution is 6.01. The number of fused-ring (bicyclic) bond motifs is 1. The Morgan fingerprint density at radius 2 is 1.85 bits per heavy atom. The molecule has 0 amide bonds. The lowest BCUT2D eigenvalue weighted by Crippen LogP contribution is -1.97. The fraction of sp³-hybridized carbons (Fsp3) is 0.0625. The number of pyridine rings is 1. The van der Waals surface area contributed by atoms with Gasteiger partial charge in [0.15, 0.2) is 0 Å². The molecule has 2 aromatic carbocycles. The average molecular weight is 267 g/mol. The van der Waals surface area contributed by atoms with Gasteiger partial charge in [0.25, 0.3) is 0 Å². The number of halogens is 1. The average Bonchev–Trinajstić information content (AvgIpc) is 2.44. The van der Waals surface area contributed by atoms with E-state index < -0.39 is 0 Å². The fourth-order valence-electron chi connectivity index (χ4n) is 2.18. The van der Waals surface area contributed by atoms with E-state index in [2.05, 4.69) is 10.3 Å². The van der Waals surface area contributed by atoms with E-state index in [0.29, 0.717) is 11.4 Å². The molecule has 100 valence electrons. The van der Waals surface area contributed by atoms with Gasteiger partial charge in [-0.05, 0) is 37.3 Å². The van der Waals surface area contributed by atoms with Crippen LogP contribution in [-0.4, -0.2) is 4.98 Å². The molecule has 0 aliphatic carbocycles. The molecule has 3 aromatic rings.